The Kier molecular flexibility index (Phi) is 6.26. The van der Waals surface area contributed by atoms with E-state index in [2.05, 4.69) is 54.2 Å². The molecule has 3 aromatic carbocycles. The monoisotopic (exact) mass is 457 g/mol. The van der Waals surface area contributed by atoms with Crippen LogP contribution in [0, 0.1) is 5.92 Å². The predicted octanol–water partition coefficient (Wildman–Crippen LogP) is 3.92. The van der Waals surface area contributed by atoms with Crippen molar-refractivity contribution in [3.63, 3.8) is 0 Å². The van der Waals surface area contributed by atoms with E-state index >= 15 is 0 Å². The number of methoxy groups -OCH3 is 1. The molecule has 6 nitrogen and oxygen atoms in total. The highest BCUT2D eigenvalue weighted by Crippen LogP contribution is 2.48. The summed E-state index contributed by atoms with van der Waals surface area (Å²) >= 11 is 0. The van der Waals surface area contributed by atoms with Crippen LogP contribution in [0.3, 0.4) is 0 Å². The van der Waals surface area contributed by atoms with Crippen molar-refractivity contribution < 1.29 is 14.6 Å². The number of aryl methyl sites for hydroxylation is 1. The molecule has 2 fully saturated rings. The Morgan fingerprint density at radius 3 is 2.26 bits per heavy atom. The number of para-hydroxylation sites is 1. The topological polar surface area (TPSA) is 73.8 Å². The van der Waals surface area contributed by atoms with Gasteiger partial charge in [0.05, 0.1) is 19.2 Å². The molecule has 0 radical (unpaired) electrons. The second-order valence-electron chi connectivity index (χ2n) is 9.05. The molecule has 176 valence electrons. The van der Waals surface area contributed by atoms with Crippen LogP contribution < -0.4 is 15.6 Å². The first kappa shape index (κ1) is 22.4. The van der Waals surface area contributed by atoms with Crippen LogP contribution in [-0.4, -0.2) is 35.6 Å². The van der Waals surface area contributed by atoms with Crippen LogP contribution in [0.15, 0.2) is 72.8 Å². The Balaban J connectivity index is 1.48. The van der Waals surface area contributed by atoms with Gasteiger partial charge in [0, 0.05) is 18.0 Å². The summed E-state index contributed by atoms with van der Waals surface area (Å²) in [5.41, 5.74) is 10.9. The number of hydrogen-bond acceptors (Lipinski definition) is 5. The van der Waals surface area contributed by atoms with Crippen molar-refractivity contribution in [2.75, 3.05) is 13.7 Å². The highest BCUT2D eigenvalue weighted by molar-refractivity contribution is 5.86. The lowest BCUT2D eigenvalue weighted by Gasteiger charge is -2.31. The van der Waals surface area contributed by atoms with Crippen LogP contribution in [-0.2, 0) is 17.6 Å². The minimum atomic E-state index is -0.351. The standard InChI is InChI=1S/C28H31N3O3/c1-3-18-8-12-20(13-9-18)27-24-25(22-6-4-5-7-23(22)32)29-30-26(24)28(33)31(27)17-16-19-10-14-21(34-2)15-11-19/h4-15,24-27,29-30,32H,3,16-17H2,1-2H3. The fourth-order valence-electron chi connectivity index (χ4n) is 5.36. The van der Waals surface area contributed by atoms with Crippen molar-refractivity contribution in [3.8, 4) is 11.5 Å². The lowest BCUT2D eigenvalue weighted by Crippen LogP contribution is -2.42. The first-order valence-electron chi connectivity index (χ1n) is 11.9. The molecular weight excluding hydrogens is 426 g/mol. The molecule has 4 atom stereocenters. The van der Waals surface area contributed by atoms with Crippen molar-refractivity contribution in [2.24, 2.45) is 5.92 Å². The van der Waals surface area contributed by atoms with E-state index in [0.29, 0.717) is 6.54 Å². The predicted molar refractivity (Wildman–Crippen MR) is 131 cm³/mol. The number of phenolic OH excluding ortho intramolecular Hbond substituents is 1. The van der Waals surface area contributed by atoms with Gasteiger partial charge >= 0.3 is 0 Å². The maximum Gasteiger partial charge on any atom is 0.242 e. The molecule has 4 unspecified atom stereocenters. The zero-order valence-electron chi connectivity index (χ0n) is 19.6. The van der Waals surface area contributed by atoms with Crippen LogP contribution in [0.5, 0.6) is 11.5 Å². The van der Waals surface area contributed by atoms with Gasteiger partial charge in [-0.2, -0.15) is 0 Å². The van der Waals surface area contributed by atoms with Crippen molar-refractivity contribution in [1.82, 2.24) is 15.8 Å². The number of rotatable bonds is 7. The molecule has 0 spiro atoms. The van der Waals surface area contributed by atoms with E-state index in [1.54, 1.807) is 13.2 Å². The SMILES string of the molecule is CCc1ccc(C2C3C(NNC3c3ccccc3O)C(=O)N2CCc2ccc(OC)cc2)cc1. The number of carbonyl (C=O) groups is 1. The third kappa shape index (κ3) is 4.04. The molecule has 2 saturated heterocycles. The molecule has 2 aliphatic heterocycles. The zero-order valence-corrected chi connectivity index (χ0v) is 19.6. The second-order valence-corrected chi connectivity index (χ2v) is 9.05. The number of nitrogens with one attached hydrogen (secondary N) is 2. The van der Waals surface area contributed by atoms with E-state index < -0.39 is 0 Å². The van der Waals surface area contributed by atoms with E-state index in [-0.39, 0.29) is 35.7 Å². The Bertz CT molecular complexity index is 1150. The Hall–Kier alpha value is -3.35. The zero-order chi connectivity index (χ0) is 23.7. The van der Waals surface area contributed by atoms with Crippen molar-refractivity contribution in [1.29, 1.82) is 0 Å². The Morgan fingerprint density at radius 2 is 1.59 bits per heavy atom. The number of hydrogen-bond donors (Lipinski definition) is 3. The van der Waals surface area contributed by atoms with Crippen molar-refractivity contribution in [3.05, 3.63) is 95.1 Å². The molecule has 0 aliphatic carbocycles. The molecule has 3 aromatic rings. The number of likely N-dealkylation sites (tertiary alicyclic amines) is 1. The summed E-state index contributed by atoms with van der Waals surface area (Å²) in [5.74, 6) is 1.11. The maximum absolute atomic E-state index is 13.6. The molecule has 6 heteroatoms. The van der Waals surface area contributed by atoms with E-state index in [0.717, 1.165) is 35.3 Å². The smallest absolute Gasteiger partial charge is 0.242 e. The summed E-state index contributed by atoms with van der Waals surface area (Å²) in [6.07, 6.45) is 1.73. The molecule has 2 aliphatic rings. The van der Waals surface area contributed by atoms with Crippen LogP contribution in [0.2, 0.25) is 0 Å². The lowest BCUT2D eigenvalue weighted by molar-refractivity contribution is -0.130. The summed E-state index contributed by atoms with van der Waals surface area (Å²) in [5, 5.41) is 10.6. The van der Waals surface area contributed by atoms with Crippen LogP contribution in [0.1, 0.15) is 41.3 Å². The summed E-state index contributed by atoms with van der Waals surface area (Å²) in [4.78, 5) is 15.6. The van der Waals surface area contributed by atoms with E-state index in [1.807, 2.05) is 35.2 Å². The average molecular weight is 458 g/mol. The number of ether oxygens (including phenoxy) is 1. The fourth-order valence-corrected chi connectivity index (χ4v) is 5.36. The van der Waals surface area contributed by atoms with Gasteiger partial charge in [0.25, 0.3) is 0 Å². The minimum absolute atomic E-state index is 0.0517. The molecule has 1 amide bonds. The van der Waals surface area contributed by atoms with Crippen molar-refractivity contribution >= 4 is 5.91 Å². The number of hydrazine groups is 1. The second kappa shape index (κ2) is 9.49. The first-order chi connectivity index (χ1) is 16.6. The van der Waals surface area contributed by atoms with E-state index in [9.17, 15) is 9.90 Å². The summed E-state index contributed by atoms with van der Waals surface area (Å²) in [7, 11) is 1.66. The summed E-state index contributed by atoms with van der Waals surface area (Å²) < 4.78 is 5.27. The van der Waals surface area contributed by atoms with E-state index in [4.69, 9.17) is 4.74 Å². The van der Waals surface area contributed by atoms with Gasteiger partial charge < -0.3 is 14.7 Å². The Morgan fingerprint density at radius 1 is 0.912 bits per heavy atom. The van der Waals surface area contributed by atoms with E-state index in [1.165, 1.54) is 5.56 Å². The fraction of sp³-hybridized carbons (Fsp3) is 0.321. The molecule has 0 saturated carbocycles. The van der Waals surface area contributed by atoms with Crippen LogP contribution in [0.4, 0.5) is 0 Å². The van der Waals surface area contributed by atoms with Gasteiger partial charge in [-0.3, -0.25) is 4.79 Å². The van der Waals surface area contributed by atoms with Gasteiger partial charge in [0.2, 0.25) is 5.91 Å². The van der Waals surface area contributed by atoms with Crippen molar-refractivity contribution in [2.45, 2.75) is 37.9 Å². The van der Waals surface area contributed by atoms with Gasteiger partial charge in [-0.05, 0) is 47.7 Å². The molecule has 34 heavy (non-hydrogen) atoms. The van der Waals surface area contributed by atoms with Gasteiger partial charge in [0.1, 0.15) is 17.5 Å². The number of carbonyl (C=O) groups excluding carboxylic acids is 1. The number of nitrogens with zero attached hydrogens (tertiary/aromatic N) is 1. The number of phenols is 1. The largest absolute Gasteiger partial charge is 0.508 e. The number of fused-ring (bicyclic) bond motifs is 1. The van der Waals surface area contributed by atoms with Gasteiger partial charge in [0.15, 0.2) is 0 Å². The molecule has 5 rings (SSSR count). The lowest BCUT2D eigenvalue weighted by atomic mass is 9.83. The summed E-state index contributed by atoms with van der Waals surface area (Å²) in [6.45, 7) is 2.76. The van der Waals surface area contributed by atoms with Gasteiger partial charge in [-0.15, -0.1) is 0 Å². The molecule has 2 heterocycles. The Labute approximate surface area is 200 Å². The average Bonchev–Trinajstić information content (AvgIpc) is 3.42. The number of amides is 1. The molecular formula is C28H31N3O3. The summed E-state index contributed by atoms with van der Waals surface area (Å²) in [6, 6.07) is 23.4. The number of benzene rings is 3. The highest BCUT2D eigenvalue weighted by Gasteiger charge is 2.55. The third-order valence-electron chi connectivity index (χ3n) is 7.22. The molecule has 0 bridgehead atoms. The quantitative estimate of drug-likeness (QED) is 0.502. The first-order valence-corrected chi connectivity index (χ1v) is 11.9. The van der Waals surface area contributed by atoms with Gasteiger partial charge in [-0.25, -0.2) is 10.9 Å². The maximum atomic E-state index is 13.6. The normalized spacial score (nSPS) is 23.8. The minimum Gasteiger partial charge on any atom is -0.508 e. The van der Waals surface area contributed by atoms with Crippen LogP contribution >= 0.6 is 0 Å². The van der Waals surface area contributed by atoms with Crippen LogP contribution in [0.25, 0.3) is 0 Å². The molecule has 0 aromatic heterocycles. The molecule has 3 N–H and O–H groups in total. The third-order valence-corrected chi connectivity index (χ3v) is 7.22. The highest BCUT2D eigenvalue weighted by atomic mass is 16.5. The number of aromatic hydroxyl groups is 1. The van der Waals surface area contributed by atoms with Gasteiger partial charge in [-0.1, -0.05) is 61.5 Å².